The summed E-state index contributed by atoms with van der Waals surface area (Å²) >= 11 is 1.31. The number of rotatable bonds is 6. The van der Waals surface area contributed by atoms with E-state index in [1.165, 1.54) is 28.4 Å². The van der Waals surface area contributed by atoms with Gasteiger partial charge in [0.25, 0.3) is 5.92 Å². The lowest BCUT2D eigenvalue weighted by Crippen LogP contribution is -2.44. The molecule has 0 saturated carbocycles. The number of carbonyl (C=O) groups is 2. The molecule has 0 bridgehead atoms. The van der Waals surface area contributed by atoms with Gasteiger partial charge in [0.1, 0.15) is 17.5 Å². The van der Waals surface area contributed by atoms with Gasteiger partial charge in [0.15, 0.2) is 10.8 Å². The van der Waals surface area contributed by atoms with Gasteiger partial charge in [-0.15, -0.1) is 11.3 Å². The van der Waals surface area contributed by atoms with E-state index in [2.05, 4.69) is 10.3 Å². The maximum atomic E-state index is 15.4. The molecule has 0 unspecified atom stereocenters. The maximum absolute atomic E-state index is 15.4. The van der Waals surface area contributed by atoms with Crippen LogP contribution in [0.15, 0.2) is 46.0 Å². The van der Waals surface area contributed by atoms with E-state index in [1.807, 2.05) is 0 Å². The molecule has 0 spiro atoms. The van der Waals surface area contributed by atoms with Crippen molar-refractivity contribution in [1.82, 2.24) is 20.1 Å². The monoisotopic (exact) mass is 605 g/mol. The van der Waals surface area contributed by atoms with Crippen molar-refractivity contribution in [3.63, 3.8) is 0 Å². The lowest BCUT2D eigenvalue weighted by Gasteiger charge is -2.32. The van der Waals surface area contributed by atoms with Gasteiger partial charge in [0.2, 0.25) is 0 Å². The lowest BCUT2D eigenvalue weighted by atomic mass is 9.92. The van der Waals surface area contributed by atoms with Crippen molar-refractivity contribution in [1.29, 1.82) is 0 Å². The number of aliphatic imine (C=N–C) groups is 1. The molecule has 0 radical (unpaired) electrons. The number of hydrogen-bond acceptors (Lipinski definition) is 9. The summed E-state index contributed by atoms with van der Waals surface area (Å²) in [7, 11) is 0. The Morgan fingerprint density at radius 2 is 2.00 bits per heavy atom. The molecule has 0 aliphatic carbocycles. The van der Waals surface area contributed by atoms with Gasteiger partial charge < -0.3 is 19.7 Å². The largest absolute Gasteiger partial charge is 0.463 e. The van der Waals surface area contributed by atoms with E-state index in [0.29, 0.717) is 27.7 Å². The Labute approximate surface area is 246 Å². The number of esters is 1. The predicted molar refractivity (Wildman–Crippen MR) is 151 cm³/mol. The number of halogens is 3. The van der Waals surface area contributed by atoms with Gasteiger partial charge in [-0.05, 0) is 51.8 Å². The van der Waals surface area contributed by atoms with E-state index >= 15 is 8.78 Å². The highest BCUT2D eigenvalue weighted by atomic mass is 32.1. The van der Waals surface area contributed by atoms with Crippen molar-refractivity contribution in [2.24, 2.45) is 10.9 Å². The quantitative estimate of drug-likeness (QED) is 0.478. The first-order valence-corrected chi connectivity index (χ1v) is 14.7. The molecule has 226 valence electrons. The lowest BCUT2D eigenvalue weighted by molar-refractivity contribution is -0.139. The van der Waals surface area contributed by atoms with Gasteiger partial charge in [0.05, 0.1) is 24.6 Å². The number of nitrogens with one attached hydrogen (secondary N) is 1. The second kappa shape index (κ2) is 11.3. The summed E-state index contributed by atoms with van der Waals surface area (Å²) in [6.07, 6.45) is 0.960. The number of amides is 1. The first kappa shape index (κ1) is 30.0. The first-order valence-electron chi connectivity index (χ1n) is 13.8. The van der Waals surface area contributed by atoms with Crippen molar-refractivity contribution in [2.75, 3.05) is 32.8 Å². The number of hydrogen-bond donors (Lipinski definition) is 1. The van der Waals surface area contributed by atoms with Crippen LogP contribution >= 0.6 is 11.3 Å². The molecular formula is C29H34F3N5O4S. The fraction of sp³-hybridized carbons (Fsp3) is 0.517. The van der Waals surface area contributed by atoms with Gasteiger partial charge in [-0.3, -0.25) is 9.89 Å². The number of benzene rings is 1. The Morgan fingerprint density at radius 1 is 1.24 bits per heavy atom. The van der Waals surface area contributed by atoms with E-state index in [4.69, 9.17) is 14.5 Å². The highest BCUT2D eigenvalue weighted by Crippen LogP contribution is 2.44. The highest BCUT2D eigenvalue weighted by Gasteiger charge is 2.59. The average molecular weight is 606 g/mol. The molecule has 1 N–H and O–H groups in total. The van der Waals surface area contributed by atoms with Crippen molar-refractivity contribution in [3.05, 3.63) is 63.0 Å². The molecule has 1 aromatic carbocycles. The van der Waals surface area contributed by atoms with E-state index in [0.717, 1.165) is 0 Å². The zero-order chi connectivity index (χ0) is 30.4. The molecule has 5 rings (SSSR count). The zero-order valence-electron chi connectivity index (χ0n) is 24.1. The Hall–Kier alpha value is -3.45. The molecule has 3 aliphatic rings. The summed E-state index contributed by atoms with van der Waals surface area (Å²) in [5.74, 6) is -4.98. The average Bonchev–Trinajstić information content (AvgIpc) is 3.63. The maximum Gasteiger partial charge on any atom is 0.410 e. The van der Waals surface area contributed by atoms with E-state index in [9.17, 15) is 14.0 Å². The predicted octanol–water partition coefficient (Wildman–Crippen LogP) is 4.69. The van der Waals surface area contributed by atoms with Gasteiger partial charge in [-0.2, -0.15) is 0 Å². The smallest absolute Gasteiger partial charge is 0.410 e. The van der Waals surface area contributed by atoms with Crippen LogP contribution < -0.4 is 5.32 Å². The summed E-state index contributed by atoms with van der Waals surface area (Å²) < 4.78 is 56.3. The van der Waals surface area contributed by atoms with Crippen LogP contribution in [0.1, 0.15) is 49.9 Å². The van der Waals surface area contributed by atoms with Crippen LogP contribution in [0.2, 0.25) is 0 Å². The van der Waals surface area contributed by atoms with Crippen LogP contribution in [0.4, 0.5) is 18.0 Å². The SMILES string of the molecule is CCOC(=O)C1=C(CN2CC(F)(F)[C@@H]3CN(C(=O)OC(C)(C)C)C[C@@H]32)NC(c2nccs2)=N[C@H]1c1cccc(F)c1C. The summed E-state index contributed by atoms with van der Waals surface area (Å²) in [5, 5.41) is 5.46. The van der Waals surface area contributed by atoms with Crippen LogP contribution in [0, 0.1) is 18.7 Å². The van der Waals surface area contributed by atoms with Gasteiger partial charge in [-0.25, -0.2) is 27.7 Å². The van der Waals surface area contributed by atoms with Crippen LogP contribution in [0.25, 0.3) is 0 Å². The number of nitrogens with zero attached hydrogens (tertiary/aromatic N) is 4. The molecule has 42 heavy (non-hydrogen) atoms. The first-order chi connectivity index (χ1) is 19.8. The molecule has 1 aromatic heterocycles. The van der Waals surface area contributed by atoms with Gasteiger partial charge in [-0.1, -0.05) is 12.1 Å². The minimum Gasteiger partial charge on any atom is -0.463 e. The number of aromatic nitrogens is 1. The molecular weight excluding hydrogens is 571 g/mol. The third kappa shape index (κ3) is 5.89. The summed E-state index contributed by atoms with van der Waals surface area (Å²) in [5.41, 5.74) is 0.420. The van der Waals surface area contributed by atoms with Crippen molar-refractivity contribution in [2.45, 2.75) is 58.2 Å². The van der Waals surface area contributed by atoms with Gasteiger partial charge in [0, 0.05) is 43.0 Å². The Balaban J connectivity index is 1.54. The highest BCUT2D eigenvalue weighted by molar-refractivity contribution is 7.11. The van der Waals surface area contributed by atoms with Crippen molar-refractivity contribution < 1.29 is 32.2 Å². The third-order valence-corrected chi connectivity index (χ3v) is 8.37. The van der Waals surface area contributed by atoms with E-state index < -0.39 is 53.9 Å². The Bertz CT molecular complexity index is 1420. The molecule has 13 heteroatoms. The summed E-state index contributed by atoms with van der Waals surface area (Å²) in [4.78, 5) is 38.2. The molecule has 3 atom stereocenters. The van der Waals surface area contributed by atoms with Gasteiger partial charge >= 0.3 is 12.1 Å². The summed E-state index contributed by atoms with van der Waals surface area (Å²) in [6.45, 7) is 7.78. The number of likely N-dealkylation sites (tertiary alicyclic amines) is 2. The Kier molecular flexibility index (Phi) is 8.10. The number of thiazole rings is 1. The number of carbonyl (C=O) groups excluding carboxylic acids is 2. The standard InChI is InChI=1S/C29H34F3N5O4S/c1-6-40-26(38)22-20(13-37-15-29(31,32)18-12-36(14-21(18)37)27(39)41-28(3,4)5)34-24(25-33-10-11-42-25)35-23(22)17-8-7-9-19(30)16(17)2/h7-11,18,21,23H,6,12-15H2,1-5H3,(H,34,35)/t18-,21+,23+/m1/s1. The topological polar surface area (TPSA) is 96.4 Å². The van der Waals surface area contributed by atoms with Crippen LogP contribution in [-0.4, -0.2) is 83.0 Å². The van der Waals surface area contributed by atoms with E-state index in [-0.39, 0.29) is 31.8 Å². The van der Waals surface area contributed by atoms with Crippen molar-refractivity contribution >= 4 is 29.2 Å². The second-order valence-corrected chi connectivity index (χ2v) is 12.5. The molecule has 4 heterocycles. The summed E-state index contributed by atoms with van der Waals surface area (Å²) in [6, 6.07) is 2.90. The molecule has 1 amide bonds. The zero-order valence-corrected chi connectivity index (χ0v) is 24.9. The normalized spacial score (nSPS) is 23.9. The molecule has 3 aliphatic heterocycles. The van der Waals surface area contributed by atoms with Crippen LogP contribution in [-0.2, 0) is 14.3 Å². The fourth-order valence-corrected chi connectivity index (χ4v) is 6.28. The van der Waals surface area contributed by atoms with E-state index in [1.54, 1.807) is 57.2 Å². The minimum absolute atomic E-state index is 0.0526. The molecule has 2 fully saturated rings. The number of ether oxygens (including phenoxy) is 2. The third-order valence-electron chi connectivity index (χ3n) is 7.59. The number of fused-ring (bicyclic) bond motifs is 1. The van der Waals surface area contributed by atoms with Crippen LogP contribution in [0.3, 0.4) is 0 Å². The fourth-order valence-electron chi connectivity index (χ4n) is 5.69. The molecule has 2 aromatic rings. The molecule has 9 nitrogen and oxygen atoms in total. The Morgan fingerprint density at radius 3 is 2.67 bits per heavy atom. The van der Waals surface area contributed by atoms with Crippen molar-refractivity contribution in [3.8, 4) is 0 Å². The number of alkyl halides is 2. The second-order valence-electron chi connectivity index (χ2n) is 11.6. The van der Waals surface area contributed by atoms with Crippen LogP contribution in [0.5, 0.6) is 0 Å². The minimum atomic E-state index is -3.08. The molecule has 2 saturated heterocycles. The number of amidine groups is 1.